The number of halogens is 3. The van der Waals surface area contributed by atoms with E-state index in [1.807, 2.05) is 18.2 Å². The molecule has 3 aromatic rings. The molecule has 0 amide bonds. The van der Waals surface area contributed by atoms with Crippen molar-refractivity contribution in [2.45, 2.75) is 6.18 Å². The molecule has 3 N–H and O–H groups in total. The number of nitrogens with one attached hydrogen (secondary N) is 1. The van der Waals surface area contributed by atoms with Crippen LogP contribution in [0.15, 0.2) is 48.5 Å². The summed E-state index contributed by atoms with van der Waals surface area (Å²) in [6.45, 7) is 0. The van der Waals surface area contributed by atoms with Crippen LogP contribution < -0.4 is 10.5 Å². The van der Waals surface area contributed by atoms with Gasteiger partial charge in [0.2, 0.25) is 5.82 Å². The third-order valence-corrected chi connectivity index (χ3v) is 3.17. The molecule has 3 rings (SSSR count). The predicted molar refractivity (Wildman–Crippen MR) is 93.5 cm³/mol. The molecule has 1 aromatic heterocycles. The topological polar surface area (TPSA) is 116 Å². The standard InChI is InChI=1S/C15H12F3N5.H3NO2S/c1-23-21-14(20-22-23)12-4-2-3-5-13(12)19-11-8-6-10(7-9-11)15(16,17)18;1-4(2)3/h2-9,19H,1H3;4H,(H2,1,2,3). The number of thiol groups is 1. The molecule has 12 heteroatoms. The number of alkyl halides is 3. The van der Waals surface area contributed by atoms with Crippen LogP contribution in [-0.4, -0.2) is 28.6 Å². The van der Waals surface area contributed by atoms with Crippen LogP contribution in [0, 0.1) is 0 Å². The number of para-hydroxylation sites is 1. The Hall–Kier alpha value is -2.99. The molecule has 0 radical (unpaired) electrons. The molecule has 144 valence electrons. The van der Waals surface area contributed by atoms with Gasteiger partial charge in [0.25, 0.3) is 0 Å². The van der Waals surface area contributed by atoms with E-state index in [-0.39, 0.29) is 0 Å². The van der Waals surface area contributed by atoms with Crippen LogP contribution in [0.25, 0.3) is 11.4 Å². The van der Waals surface area contributed by atoms with E-state index < -0.39 is 22.6 Å². The predicted octanol–water partition coefficient (Wildman–Crippen LogP) is 2.11. The summed E-state index contributed by atoms with van der Waals surface area (Å²) >= 11 is 0. The van der Waals surface area contributed by atoms with E-state index in [4.69, 9.17) is 8.42 Å². The number of hydrogen-bond acceptors (Lipinski definition) is 6. The van der Waals surface area contributed by atoms with Crippen LogP contribution in [0.1, 0.15) is 5.56 Å². The first kappa shape index (κ1) is 20.3. The summed E-state index contributed by atoms with van der Waals surface area (Å²) in [6, 6.07) is 12.1. The number of tetrazole rings is 1. The van der Waals surface area contributed by atoms with Crippen molar-refractivity contribution < 1.29 is 21.6 Å². The van der Waals surface area contributed by atoms with Gasteiger partial charge in [-0.05, 0) is 41.6 Å². The Balaban J connectivity index is 0.000000596. The Morgan fingerprint density at radius 3 is 2.19 bits per heavy atom. The first-order chi connectivity index (χ1) is 12.7. The Morgan fingerprint density at radius 2 is 1.67 bits per heavy atom. The first-order valence-electron chi connectivity index (χ1n) is 7.33. The lowest BCUT2D eigenvalue weighted by molar-refractivity contribution is -0.137. The summed E-state index contributed by atoms with van der Waals surface area (Å²) < 4.78 is 55.4. The molecule has 0 aliphatic rings. The van der Waals surface area contributed by atoms with Crippen molar-refractivity contribution in [2.75, 3.05) is 5.32 Å². The summed E-state index contributed by atoms with van der Waals surface area (Å²) in [5.74, 6) is 0.433. The first-order valence-corrected chi connectivity index (χ1v) is 8.58. The van der Waals surface area contributed by atoms with Gasteiger partial charge in [0.15, 0.2) is 10.9 Å². The number of nitrogens with zero attached hydrogens (tertiary/aromatic N) is 4. The molecular formula is C15H15F3N6O2S. The minimum absolute atomic E-state index is 0.433. The zero-order valence-electron chi connectivity index (χ0n) is 13.9. The van der Waals surface area contributed by atoms with Gasteiger partial charge in [-0.2, -0.15) is 18.0 Å². The van der Waals surface area contributed by atoms with Gasteiger partial charge in [0.1, 0.15) is 0 Å². The zero-order valence-corrected chi connectivity index (χ0v) is 14.8. The Bertz CT molecular complexity index is 962. The minimum Gasteiger partial charge on any atom is -0.355 e. The second-order valence-electron chi connectivity index (χ2n) is 5.13. The largest absolute Gasteiger partial charge is 0.416 e. The molecular weight excluding hydrogens is 385 g/mol. The zero-order chi connectivity index (χ0) is 20.0. The fraction of sp³-hybridized carbons (Fsp3) is 0.133. The number of nitrogens with two attached hydrogens (primary N) is 1. The molecule has 0 saturated heterocycles. The number of aromatic nitrogens is 4. The van der Waals surface area contributed by atoms with Crippen molar-refractivity contribution in [3.63, 3.8) is 0 Å². The van der Waals surface area contributed by atoms with E-state index in [2.05, 4.69) is 25.9 Å². The third-order valence-electron chi connectivity index (χ3n) is 3.17. The molecule has 8 nitrogen and oxygen atoms in total. The smallest absolute Gasteiger partial charge is 0.355 e. The van der Waals surface area contributed by atoms with Crippen LogP contribution in [0.3, 0.4) is 0 Å². The van der Waals surface area contributed by atoms with Crippen LogP contribution in [0.4, 0.5) is 24.5 Å². The molecule has 1 heterocycles. The lowest BCUT2D eigenvalue weighted by atomic mass is 10.1. The van der Waals surface area contributed by atoms with Crippen LogP contribution >= 0.6 is 0 Å². The minimum atomic E-state index is -4.35. The van der Waals surface area contributed by atoms with Gasteiger partial charge >= 0.3 is 6.18 Å². The molecule has 2 aromatic carbocycles. The Morgan fingerprint density at radius 1 is 1.07 bits per heavy atom. The summed E-state index contributed by atoms with van der Waals surface area (Å²) in [5.41, 5.74) is 1.24. The Kier molecular flexibility index (Phi) is 6.47. The average molecular weight is 400 g/mol. The fourth-order valence-corrected chi connectivity index (χ4v) is 2.08. The summed E-state index contributed by atoms with van der Waals surface area (Å²) in [6.07, 6.45) is -4.35. The molecule has 0 spiro atoms. The summed E-state index contributed by atoms with van der Waals surface area (Å²) in [5, 5.41) is 19.0. The van der Waals surface area contributed by atoms with Crippen LogP contribution in [-0.2, 0) is 24.1 Å². The highest BCUT2D eigenvalue weighted by molar-refractivity contribution is 7.69. The maximum Gasteiger partial charge on any atom is 0.416 e. The van der Waals surface area contributed by atoms with Crippen molar-refractivity contribution in [1.29, 1.82) is 0 Å². The van der Waals surface area contributed by atoms with Gasteiger partial charge in [0, 0.05) is 16.9 Å². The maximum absolute atomic E-state index is 12.6. The van der Waals surface area contributed by atoms with Crippen LogP contribution in [0.2, 0.25) is 0 Å². The molecule has 0 atom stereocenters. The maximum atomic E-state index is 12.6. The van der Waals surface area contributed by atoms with E-state index in [1.54, 1.807) is 13.1 Å². The Labute approximate surface area is 153 Å². The summed E-state index contributed by atoms with van der Waals surface area (Å²) in [7, 11) is -0.965. The molecule has 0 fully saturated rings. The highest BCUT2D eigenvalue weighted by atomic mass is 32.2. The van der Waals surface area contributed by atoms with Crippen molar-refractivity contribution >= 4 is 22.3 Å². The van der Waals surface area contributed by atoms with E-state index >= 15 is 0 Å². The van der Waals surface area contributed by atoms with Crippen molar-refractivity contribution in [2.24, 2.45) is 12.2 Å². The van der Waals surface area contributed by atoms with E-state index in [0.717, 1.165) is 12.1 Å². The SMILES string of the molecule is Cn1nnc(-c2ccccc2Nc2ccc(C(F)(F)F)cc2)n1.N[SH](=O)=O. The monoisotopic (exact) mass is 400 g/mol. The molecule has 0 saturated carbocycles. The van der Waals surface area contributed by atoms with Crippen LogP contribution in [0.5, 0.6) is 0 Å². The highest BCUT2D eigenvalue weighted by Gasteiger charge is 2.29. The number of hydrogen-bond donors (Lipinski definition) is 3. The number of benzene rings is 2. The molecule has 0 bridgehead atoms. The lowest BCUT2D eigenvalue weighted by Crippen LogP contribution is -2.04. The second kappa shape index (κ2) is 8.60. The van der Waals surface area contributed by atoms with Gasteiger partial charge < -0.3 is 5.32 Å². The van der Waals surface area contributed by atoms with Gasteiger partial charge in [-0.1, -0.05) is 12.1 Å². The quantitative estimate of drug-likeness (QED) is 0.580. The second-order valence-corrected chi connectivity index (χ2v) is 5.70. The number of rotatable bonds is 3. The number of anilines is 2. The summed E-state index contributed by atoms with van der Waals surface area (Å²) in [4.78, 5) is 1.34. The molecule has 0 unspecified atom stereocenters. The van der Waals surface area contributed by atoms with Gasteiger partial charge in [0.05, 0.1) is 12.6 Å². The van der Waals surface area contributed by atoms with Crippen molar-refractivity contribution in [3.05, 3.63) is 54.1 Å². The highest BCUT2D eigenvalue weighted by Crippen LogP contribution is 2.31. The lowest BCUT2D eigenvalue weighted by Gasteiger charge is -2.11. The molecule has 27 heavy (non-hydrogen) atoms. The van der Waals surface area contributed by atoms with E-state index in [9.17, 15) is 13.2 Å². The van der Waals surface area contributed by atoms with Crippen molar-refractivity contribution in [3.8, 4) is 11.4 Å². The fourth-order valence-electron chi connectivity index (χ4n) is 2.08. The van der Waals surface area contributed by atoms with E-state index in [0.29, 0.717) is 22.8 Å². The molecule has 0 aliphatic heterocycles. The van der Waals surface area contributed by atoms with Crippen molar-refractivity contribution in [1.82, 2.24) is 20.2 Å². The van der Waals surface area contributed by atoms with Gasteiger partial charge in [-0.15, -0.1) is 10.2 Å². The normalized spacial score (nSPS) is 11.0. The average Bonchev–Trinajstić information content (AvgIpc) is 3.01. The third kappa shape index (κ3) is 6.04. The van der Waals surface area contributed by atoms with E-state index in [1.165, 1.54) is 16.9 Å². The number of aryl methyl sites for hydroxylation is 1. The molecule has 0 aliphatic carbocycles. The van der Waals surface area contributed by atoms with Gasteiger partial charge in [-0.3, -0.25) is 0 Å². The van der Waals surface area contributed by atoms with Gasteiger partial charge in [-0.25, -0.2) is 13.6 Å².